The smallest absolute Gasteiger partial charge is 0.335 e. The lowest BCUT2D eigenvalue weighted by Crippen LogP contribution is -2.38. The predicted octanol–water partition coefficient (Wildman–Crippen LogP) is 4.29. The first kappa shape index (κ1) is 29.6. The van der Waals surface area contributed by atoms with Gasteiger partial charge >= 0.3 is 5.97 Å². The van der Waals surface area contributed by atoms with Crippen LogP contribution >= 0.6 is 23.1 Å². The molecule has 4 N–H and O–H groups in total. The van der Waals surface area contributed by atoms with Gasteiger partial charge in [0.25, 0.3) is 0 Å². The number of aromatic carboxylic acids is 1. The fourth-order valence-corrected chi connectivity index (χ4v) is 6.72. The largest absolute Gasteiger partial charge is 0.493 e. The van der Waals surface area contributed by atoms with Gasteiger partial charge < -0.3 is 25.6 Å². The van der Waals surface area contributed by atoms with Gasteiger partial charge in [-0.3, -0.25) is 14.5 Å². The number of hydrogen-bond donors (Lipinski definition) is 3. The molecule has 3 aromatic rings. The number of carbonyl (C=O) groups excluding carboxylic acids is 2. The summed E-state index contributed by atoms with van der Waals surface area (Å²) in [5.74, 6) is -0.943. The Labute approximate surface area is 254 Å². The summed E-state index contributed by atoms with van der Waals surface area (Å²) >= 11 is 2.35. The molecule has 5 rings (SSSR count). The lowest BCUT2D eigenvalue weighted by atomic mass is 9.75. The van der Waals surface area contributed by atoms with Gasteiger partial charge in [0, 0.05) is 23.4 Å². The number of rotatable bonds is 9. The number of benzene rings is 2. The Morgan fingerprint density at radius 1 is 1.16 bits per heavy atom. The highest BCUT2D eigenvalue weighted by atomic mass is 32.2. The highest BCUT2D eigenvalue weighted by Crippen LogP contribution is 2.48. The second-order valence-corrected chi connectivity index (χ2v) is 11.7. The summed E-state index contributed by atoms with van der Waals surface area (Å²) in [5, 5.41) is 30.9. The topological polar surface area (TPSA) is 181 Å². The Kier molecular flexibility index (Phi) is 8.65. The van der Waals surface area contributed by atoms with Crippen molar-refractivity contribution < 1.29 is 29.0 Å². The van der Waals surface area contributed by atoms with E-state index in [4.69, 9.17) is 20.3 Å². The molecule has 1 atom stereocenters. The van der Waals surface area contributed by atoms with Crippen LogP contribution < -0.4 is 25.4 Å². The monoisotopic (exact) mass is 618 g/mol. The Morgan fingerprint density at radius 2 is 1.91 bits per heavy atom. The number of methoxy groups -OCH3 is 2. The lowest BCUT2D eigenvalue weighted by molar-refractivity contribution is -0.116. The van der Waals surface area contributed by atoms with E-state index in [2.05, 4.69) is 21.6 Å². The number of carboxylic acids is 1. The quantitative estimate of drug-likeness (QED) is 0.290. The first-order chi connectivity index (χ1) is 20.7. The molecule has 220 valence electrons. The number of hydrogen-bond acceptors (Lipinski definition) is 12. The summed E-state index contributed by atoms with van der Waals surface area (Å²) in [4.78, 5) is 38.6. The van der Waals surface area contributed by atoms with E-state index in [1.165, 1.54) is 49.8 Å². The maximum absolute atomic E-state index is 13.4. The number of nitriles is 1. The van der Waals surface area contributed by atoms with E-state index in [0.717, 1.165) is 11.8 Å². The standard InChI is InChI=1S/C29H26N6O6S2/c1-40-21-11-8-16(12-22(21)41-2)24-18(13-30)26(31)35(19-4-3-5-20(36)25(19)24)28-33-34-29(43-28)42-14-23(37)32-17-9-6-15(7-10-17)27(38)39/h6-12,24H,3-5,14,31H2,1-2H3,(H,32,37)(H,38,39). The SMILES string of the molecule is COc1ccc(C2C(C#N)=C(N)N(c3nnc(SCC(=O)Nc4ccc(C(=O)O)cc4)s3)C3=C2C(=O)CCC3)cc1OC. The summed E-state index contributed by atoms with van der Waals surface area (Å²) < 4.78 is 11.3. The van der Waals surface area contributed by atoms with Crippen LogP contribution in [-0.4, -0.2) is 52.9 Å². The summed E-state index contributed by atoms with van der Waals surface area (Å²) in [6, 6.07) is 13.3. The molecule has 2 aliphatic rings. The number of allylic oxidation sites excluding steroid dienone is 3. The van der Waals surface area contributed by atoms with E-state index in [-0.39, 0.29) is 34.4 Å². The second kappa shape index (κ2) is 12.6. The Balaban J connectivity index is 1.40. The van der Waals surface area contributed by atoms with Gasteiger partial charge in [0.15, 0.2) is 21.6 Å². The summed E-state index contributed by atoms with van der Waals surface area (Å²) in [5.41, 5.74) is 9.26. The van der Waals surface area contributed by atoms with Crippen molar-refractivity contribution >= 4 is 51.6 Å². The van der Waals surface area contributed by atoms with E-state index < -0.39 is 11.9 Å². The van der Waals surface area contributed by atoms with Gasteiger partial charge in [0.1, 0.15) is 5.82 Å². The number of carboxylic acid groups (broad SMARTS) is 1. The molecule has 0 fully saturated rings. The van der Waals surface area contributed by atoms with E-state index in [9.17, 15) is 19.6 Å². The molecule has 0 radical (unpaired) electrons. The number of Topliss-reactive ketones (excluding diaryl/α,β-unsaturated/α-hetero) is 1. The van der Waals surface area contributed by atoms with Gasteiger partial charge in [-0.15, -0.1) is 10.2 Å². The van der Waals surface area contributed by atoms with Gasteiger partial charge in [-0.05, 0) is 54.8 Å². The van der Waals surface area contributed by atoms with Crippen LogP contribution in [0.1, 0.15) is 41.1 Å². The summed E-state index contributed by atoms with van der Waals surface area (Å²) in [6.07, 6.45) is 1.52. The number of amides is 1. The number of ketones is 1. The molecule has 1 aliphatic heterocycles. The molecule has 1 aliphatic carbocycles. The zero-order chi connectivity index (χ0) is 30.7. The molecule has 43 heavy (non-hydrogen) atoms. The van der Waals surface area contributed by atoms with Gasteiger partial charge in [0.2, 0.25) is 11.0 Å². The number of aromatic nitrogens is 2. The number of nitrogens with zero attached hydrogens (tertiary/aromatic N) is 4. The molecule has 2 heterocycles. The zero-order valence-electron chi connectivity index (χ0n) is 23.1. The van der Waals surface area contributed by atoms with Crippen molar-refractivity contribution in [1.82, 2.24) is 10.2 Å². The Hall–Kier alpha value is -4.87. The Morgan fingerprint density at radius 3 is 2.58 bits per heavy atom. The fraction of sp³-hybridized carbons (Fsp3) is 0.241. The molecule has 0 saturated carbocycles. The third-order valence-corrected chi connectivity index (χ3v) is 9.03. The van der Waals surface area contributed by atoms with Crippen LogP contribution in [0.5, 0.6) is 11.5 Å². The molecule has 0 spiro atoms. The number of thioether (sulfide) groups is 1. The second-order valence-electron chi connectivity index (χ2n) is 9.50. The van der Waals surface area contributed by atoms with Crippen LogP contribution in [0.4, 0.5) is 10.8 Å². The van der Waals surface area contributed by atoms with Gasteiger partial charge in [0.05, 0.1) is 43.1 Å². The van der Waals surface area contributed by atoms with Crippen molar-refractivity contribution in [3.63, 3.8) is 0 Å². The third kappa shape index (κ3) is 5.90. The molecule has 0 saturated heterocycles. The fourth-order valence-electron chi connectivity index (χ4n) is 5.04. The van der Waals surface area contributed by atoms with Crippen molar-refractivity contribution in [2.75, 3.05) is 30.2 Å². The molecule has 1 aromatic heterocycles. The van der Waals surface area contributed by atoms with Crippen molar-refractivity contribution in [3.8, 4) is 17.6 Å². The Bertz CT molecular complexity index is 1710. The minimum atomic E-state index is -1.05. The maximum Gasteiger partial charge on any atom is 0.335 e. The number of carbonyl (C=O) groups is 3. The molecule has 1 unspecified atom stereocenters. The van der Waals surface area contributed by atoms with Crippen LogP contribution in [0.25, 0.3) is 0 Å². The van der Waals surface area contributed by atoms with E-state index in [1.54, 1.807) is 23.1 Å². The first-order valence-corrected chi connectivity index (χ1v) is 14.8. The highest BCUT2D eigenvalue weighted by molar-refractivity contribution is 8.01. The van der Waals surface area contributed by atoms with E-state index >= 15 is 0 Å². The van der Waals surface area contributed by atoms with E-state index in [1.807, 2.05) is 0 Å². The summed E-state index contributed by atoms with van der Waals surface area (Å²) in [6.45, 7) is 0. The van der Waals surface area contributed by atoms with E-state index in [0.29, 0.717) is 62.8 Å². The lowest BCUT2D eigenvalue weighted by Gasteiger charge is -2.38. The molecule has 2 aromatic carbocycles. The van der Waals surface area contributed by atoms with Gasteiger partial charge in [-0.25, -0.2) is 4.79 Å². The number of anilines is 2. The summed E-state index contributed by atoms with van der Waals surface area (Å²) in [7, 11) is 3.05. The molecular formula is C29H26N6O6S2. The van der Waals surface area contributed by atoms with Crippen molar-refractivity contribution in [3.05, 3.63) is 76.3 Å². The van der Waals surface area contributed by atoms with Crippen LogP contribution in [0.15, 0.2) is 69.5 Å². The van der Waals surface area contributed by atoms with Crippen LogP contribution in [0.3, 0.4) is 0 Å². The maximum atomic E-state index is 13.4. The minimum absolute atomic E-state index is 0.0257. The zero-order valence-corrected chi connectivity index (χ0v) is 24.8. The average molecular weight is 619 g/mol. The molecule has 12 nitrogen and oxygen atoms in total. The van der Waals surface area contributed by atoms with Crippen LogP contribution in [-0.2, 0) is 9.59 Å². The normalized spacial score (nSPS) is 16.4. The molecular weight excluding hydrogens is 592 g/mol. The van der Waals surface area contributed by atoms with Crippen LogP contribution in [0.2, 0.25) is 0 Å². The molecule has 14 heteroatoms. The predicted molar refractivity (Wildman–Crippen MR) is 160 cm³/mol. The third-order valence-electron chi connectivity index (χ3n) is 6.98. The van der Waals surface area contributed by atoms with Crippen LogP contribution in [0, 0.1) is 11.3 Å². The highest BCUT2D eigenvalue weighted by Gasteiger charge is 2.41. The van der Waals surface area contributed by atoms with Crippen molar-refractivity contribution in [2.24, 2.45) is 5.73 Å². The number of nitrogens with two attached hydrogens (primary N) is 1. The number of nitrogens with one attached hydrogen (secondary N) is 1. The average Bonchev–Trinajstić information content (AvgIpc) is 3.48. The van der Waals surface area contributed by atoms with Crippen molar-refractivity contribution in [2.45, 2.75) is 29.5 Å². The first-order valence-electron chi connectivity index (χ1n) is 13.0. The van der Waals surface area contributed by atoms with Gasteiger partial charge in [-0.1, -0.05) is 29.2 Å². The molecule has 1 amide bonds. The van der Waals surface area contributed by atoms with Crippen molar-refractivity contribution in [1.29, 1.82) is 5.26 Å². The molecule has 0 bridgehead atoms. The van der Waals surface area contributed by atoms with Gasteiger partial charge in [-0.2, -0.15) is 5.26 Å². The number of ether oxygens (including phenoxy) is 2. The minimum Gasteiger partial charge on any atom is -0.493 e.